The van der Waals surface area contributed by atoms with E-state index in [4.69, 9.17) is 0 Å². The van der Waals surface area contributed by atoms with Crippen LogP contribution in [0.2, 0.25) is 0 Å². The minimum atomic E-state index is -0.961. The Morgan fingerprint density at radius 1 is 1.14 bits per heavy atom. The summed E-state index contributed by atoms with van der Waals surface area (Å²) in [6.45, 7) is 7.22. The lowest BCUT2D eigenvalue weighted by molar-refractivity contribution is -0.117. The van der Waals surface area contributed by atoms with E-state index < -0.39 is 6.09 Å². The molecule has 0 aromatic heterocycles. The monoisotopic (exact) mass is 396 g/mol. The molecule has 0 bridgehead atoms. The number of amides is 2. The Morgan fingerprint density at radius 3 is 2.28 bits per heavy atom. The van der Waals surface area contributed by atoms with Crippen LogP contribution in [0.4, 0.5) is 10.5 Å². The number of anilines is 1. The van der Waals surface area contributed by atoms with Gasteiger partial charge in [-0.05, 0) is 61.6 Å². The highest BCUT2D eigenvalue weighted by Gasteiger charge is 2.38. The second-order valence-electron chi connectivity index (χ2n) is 7.90. The van der Waals surface area contributed by atoms with E-state index in [9.17, 15) is 19.8 Å². The Kier molecular flexibility index (Phi) is 5.94. The van der Waals surface area contributed by atoms with Gasteiger partial charge in [-0.1, -0.05) is 30.3 Å². The topological polar surface area (TPSA) is 81.1 Å². The van der Waals surface area contributed by atoms with Crippen LogP contribution in [0.15, 0.2) is 42.5 Å². The van der Waals surface area contributed by atoms with Gasteiger partial charge < -0.3 is 15.1 Å². The molecule has 1 heterocycles. The van der Waals surface area contributed by atoms with Crippen LogP contribution in [0.1, 0.15) is 51.3 Å². The van der Waals surface area contributed by atoms with E-state index in [2.05, 4.69) is 0 Å². The number of carbonyl (C=O) groups excluding carboxylic acids is 1. The fourth-order valence-electron chi connectivity index (χ4n) is 4.27. The van der Waals surface area contributed by atoms with Gasteiger partial charge in [0.2, 0.25) is 5.91 Å². The van der Waals surface area contributed by atoms with Gasteiger partial charge in [0.1, 0.15) is 0 Å². The van der Waals surface area contributed by atoms with E-state index in [0.29, 0.717) is 6.42 Å². The van der Waals surface area contributed by atoms with E-state index >= 15 is 0 Å². The first-order valence-corrected chi connectivity index (χ1v) is 9.89. The normalized spacial score (nSPS) is 18.5. The van der Waals surface area contributed by atoms with Crippen molar-refractivity contribution in [2.24, 2.45) is 0 Å². The summed E-state index contributed by atoms with van der Waals surface area (Å²) in [7, 11) is 0. The fourth-order valence-corrected chi connectivity index (χ4v) is 4.27. The molecule has 3 rings (SSSR count). The first kappa shape index (κ1) is 20.9. The second-order valence-corrected chi connectivity index (χ2v) is 7.90. The number of aliphatic hydroxyl groups excluding tert-OH is 1. The molecule has 0 aliphatic carbocycles. The molecule has 0 fully saturated rings. The second kappa shape index (κ2) is 8.25. The zero-order valence-corrected chi connectivity index (χ0v) is 17.3. The number of carboxylic acid groups (broad SMARTS) is 1. The summed E-state index contributed by atoms with van der Waals surface area (Å²) in [5, 5.41) is 19.1. The maximum Gasteiger partial charge on any atom is 0.408 e. The van der Waals surface area contributed by atoms with Crippen LogP contribution in [-0.2, 0) is 11.4 Å². The van der Waals surface area contributed by atoms with Gasteiger partial charge in [-0.15, -0.1) is 0 Å². The van der Waals surface area contributed by atoms with Crippen molar-refractivity contribution in [3.63, 3.8) is 0 Å². The predicted molar refractivity (Wildman–Crippen MR) is 113 cm³/mol. The Morgan fingerprint density at radius 2 is 1.76 bits per heavy atom. The molecule has 0 saturated heterocycles. The van der Waals surface area contributed by atoms with Gasteiger partial charge in [0.15, 0.2) is 0 Å². The average molecular weight is 396 g/mol. The molecule has 154 valence electrons. The van der Waals surface area contributed by atoms with Crippen LogP contribution >= 0.6 is 0 Å². The van der Waals surface area contributed by atoms with Crippen LogP contribution < -0.4 is 4.90 Å². The molecular weight excluding hydrogens is 368 g/mol. The van der Waals surface area contributed by atoms with Gasteiger partial charge in [0.25, 0.3) is 0 Å². The molecule has 0 saturated carbocycles. The number of rotatable bonds is 4. The van der Waals surface area contributed by atoms with Crippen molar-refractivity contribution in [3.05, 3.63) is 53.6 Å². The first-order valence-electron chi connectivity index (χ1n) is 9.89. The number of carbonyl (C=O) groups is 2. The molecule has 2 unspecified atom stereocenters. The van der Waals surface area contributed by atoms with Crippen LogP contribution in [0.5, 0.6) is 0 Å². The molecule has 2 atom stereocenters. The summed E-state index contributed by atoms with van der Waals surface area (Å²) >= 11 is 0. The van der Waals surface area contributed by atoms with Gasteiger partial charge in [-0.2, -0.15) is 0 Å². The molecule has 0 spiro atoms. The number of fused-ring (bicyclic) bond motifs is 1. The molecular formula is C23H28N2O4. The lowest BCUT2D eigenvalue weighted by atomic mass is 9.87. The van der Waals surface area contributed by atoms with Crippen LogP contribution in [-0.4, -0.2) is 39.2 Å². The minimum Gasteiger partial charge on any atom is -0.465 e. The SMILES string of the molecule is CC(=O)N1c2ccc(-c3ccc(CO)cc3)cc2C(N(C(=O)O)C(C)C)CC1C. The molecule has 6 heteroatoms. The van der Waals surface area contributed by atoms with Gasteiger partial charge in [0, 0.05) is 24.7 Å². The Balaban J connectivity index is 2.15. The average Bonchev–Trinajstić information content (AvgIpc) is 2.67. The molecule has 6 nitrogen and oxygen atoms in total. The zero-order valence-electron chi connectivity index (χ0n) is 17.3. The molecule has 2 N–H and O–H groups in total. The quantitative estimate of drug-likeness (QED) is 0.802. The Labute approximate surface area is 171 Å². The number of nitrogens with zero attached hydrogens (tertiary/aromatic N) is 2. The predicted octanol–water partition coefficient (Wildman–Crippen LogP) is 4.42. The van der Waals surface area contributed by atoms with Gasteiger partial charge in [-0.25, -0.2) is 4.79 Å². The third kappa shape index (κ3) is 3.98. The highest BCUT2D eigenvalue weighted by molar-refractivity contribution is 5.94. The lowest BCUT2D eigenvalue weighted by Crippen LogP contribution is -2.48. The van der Waals surface area contributed by atoms with Gasteiger partial charge in [0.05, 0.1) is 12.6 Å². The number of benzene rings is 2. The van der Waals surface area contributed by atoms with Crippen molar-refractivity contribution in [3.8, 4) is 11.1 Å². The van der Waals surface area contributed by atoms with E-state index in [1.165, 1.54) is 4.90 Å². The van der Waals surface area contributed by atoms with Crippen LogP contribution in [0.3, 0.4) is 0 Å². The number of aliphatic hydroxyl groups is 1. The largest absolute Gasteiger partial charge is 0.465 e. The number of hydrogen-bond acceptors (Lipinski definition) is 3. The smallest absolute Gasteiger partial charge is 0.408 e. The molecule has 2 aromatic rings. The summed E-state index contributed by atoms with van der Waals surface area (Å²) in [5.41, 5.74) is 4.37. The molecule has 1 aliphatic heterocycles. The third-order valence-electron chi connectivity index (χ3n) is 5.57. The van der Waals surface area contributed by atoms with E-state index in [0.717, 1.165) is 27.9 Å². The van der Waals surface area contributed by atoms with Crippen LogP contribution in [0.25, 0.3) is 11.1 Å². The van der Waals surface area contributed by atoms with E-state index in [1.54, 1.807) is 11.8 Å². The maximum atomic E-state index is 12.3. The standard InChI is InChI=1S/C23H28N2O4/c1-14(2)24(23(28)29)22-11-15(3)25(16(4)27)21-10-9-19(12-20(21)22)18-7-5-17(13-26)6-8-18/h5-10,12,14-15,22,26H,11,13H2,1-4H3,(H,28,29). The summed E-state index contributed by atoms with van der Waals surface area (Å²) in [6.07, 6.45) is -0.415. The molecule has 2 aromatic carbocycles. The summed E-state index contributed by atoms with van der Waals surface area (Å²) in [6, 6.07) is 12.9. The van der Waals surface area contributed by atoms with Crippen molar-refractivity contribution < 1.29 is 19.8 Å². The number of hydrogen-bond donors (Lipinski definition) is 2. The van der Waals surface area contributed by atoms with Crippen molar-refractivity contribution >= 4 is 17.7 Å². The van der Waals surface area contributed by atoms with Crippen LogP contribution in [0, 0.1) is 0 Å². The Bertz CT molecular complexity index is 908. The van der Waals surface area contributed by atoms with E-state index in [1.807, 2.05) is 63.2 Å². The summed E-state index contributed by atoms with van der Waals surface area (Å²) < 4.78 is 0. The lowest BCUT2D eigenvalue weighted by Gasteiger charge is -2.43. The molecule has 0 radical (unpaired) electrons. The molecule has 1 aliphatic rings. The minimum absolute atomic E-state index is 0.0139. The highest BCUT2D eigenvalue weighted by Crippen LogP contribution is 2.43. The molecule has 2 amide bonds. The fraction of sp³-hybridized carbons (Fsp3) is 0.391. The highest BCUT2D eigenvalue weighted by atomic mass is 16.4. The van der Waals surface area contributed by atoms with Gasteiger partial charge in [-0.3, -0.25) is 9.69 Å². The van der Waals surface area contributed by atoms with Gasteiger partial charge >= 0.3 is 6.09 Å². The zero-order chi connectivity index (χ0) is 21.3. The van der Waals surface area contributed by atoms with Crippen molar-refractivity contribution in [2.45, 2.75) is 58.8 Å². The van der Waals surface area contributed by atoms with Crippen molar-refractivity contribution in [2.75, 3.05) is 4.90 Å². The van der Waals surface area contributed by atoms with Crippen molar-refractivity contribution in [1.29, 1.82) is 0 Å². The summed E-state index contributed by atoms with van der Waals surface area (Å²) in [4.78, 5) is 27.6. The molecule has 29 heavy (non-hydrogen) atoms. The van der Waals surface area contributed by atoms with E-state index in [-0.39, 0.29) is 30.6 Å². The summed E-state index contributed by atoms with van der Waals surface area (Å²) in [5.74, 6) is -0.0522. The maximum absolute atomic E-state index is 12.3. The third-order valence-corrected chi connectivity index (χ3v) is 5.57. The first-order chi connectivity index (χ1) is 13.7. The van der Waals surface area contributed by atoms with Crippen molar-refractivity contribution in [1.82, 2.24) is 4.90 Å². The Hall–Kier alpha value is -2.86.